The van der Waals surface area contributed by atoms with Crippen LogP contribution in [0.4, 0.5) is 0 Å². The van der Waals surface area contributed by atoms with Crippen LogP contribution in [-0.4, -0.2) is 84.9 Å². The minimum atomic E-state index is -0.707. The van der Waals surface area contributed by atoms with E-state index in [1.165, 1.54) is 5.56 Å². The number of rotatable bonds is 15. The number of aryl methyl sites for hydroxylation is 1. The topological polar surface area (TPSA) is 111 Å². The third-order valence-electron chi connectivity index (χ3n) is 6.60. The lowest BCUT2D eigenvalue weighted by molar-refractivity contribution is -0.166. The van der Waals surface area contributed by atoms with Gasteiger partial charge in [-0.05, 0) is 37.7 Å². The summed E-state index contributed by atoms with van der Waals surface area (Å²) in [6.45, 7) is 9.72. The smallest absolute Gasteiger partial charge is 0.242 e. The Morgan fingerprint density at radius 3 is 2.43 bits per heavy atom. The molecule has 0 radical (unpaired) electrons. The lowest BCUT2D eigenvalue weighted by atomic mass is 9.91. The predicted molar refractivity (Wildman–Crippen MR) is 134 cm³/mol. The van der Waals surface area contributed by atoms with E-state index < -0.39 is 18.0 Å². The zero-order valence-corrected chi connectivity index (χ0v) is 21.3. The van der Waals surface area contributed by atoms with Gasteiger partial charge in [-0.3, -0.25) is 24.5 Å². The van der Waals surface area contributed by atoms with Crippen LogP contribution in [0.5, 0.6) is 0 Å². The lowest BCUT2D eigenvalue weighted by Gasteiger charge is -2.30. The summed E-state index contributed by atoms with van der Waals surface area (Å²) in [7, 11) is 0. The predicted octanol–water partition coefficient (Wildman–Crippen LogP) is 1.84. The first-order chi connectivity index (χ1) is 16.8. The average molecular weight is 491 g/mol. The second kappa shape index (κ2) is 15.5. The molecular weight excluding hydrogens is 448 g/mol. The molecule has 1 heterocycles. The minimum absolute atomic E-state index is 0.118. The Bertz CT molecular complexity index is 770. The number of morpholine rings is 1. The SMILES string of the molecule is CC(C)[C@H](NC(=O)[C@H](CCCCc1ccccc1)[C@H](C)N(O)C=O)C(=O)NCCN1CCOCC1. The van der Waals surface area contributed by atoms with E-state index in [-0.39, 0.29) is 17.7 Å². The van der Waals surface area contributed by atoms with Crippen LogP contribution in [0.3, 0.4) is 0 Å². The van der Waals surface area contributed by atoms with Crippen molar-refractivity contribution in [3.63, 3.8) is 0 Å². The molecule has 3 atom stereocenters. The number of hydroxylamine groups is 2. The summed E-state index contributed by atoms with van der Waals surface area (Å²) in [6, 6.07) is 8.71. The van der Waals surface area contributed by atoms with Crippen LogP contribution in [0.25, 0.3) is 0 Å². The first-order valence-corrected chi connectivity index (χ1v) is 12.7. The molecule has 1 fully saturated rings. The van der Waals surface area contributed by atoms with Gasteiger partial charge < -0.3 is 15.4 Å². The molecule has 1 aliphatic heterocycles. The van der Waals surface area contributed by atoms with Crippen LogP contribution in [0.2, 0.25) is 0 Å². The number of nitrogens with zero attached hydrogens (tertiary/aromatic N) is 2. The standard InChI is InChI=1S/C26H42N4O5/c1-20(2)24(26(33)27-13-14-29-15-17-35-18-16-29)28-25(32)23(21(3)30(34)19-31)12-8-7-11-22-9-5-4-6-10-22/h4-6,9-10,19-21,23-24,34H,7-8,11-18H2,1-3H3,(H,27,33)(H,28,32)/t21-,23+,24-/m0/s1. The van der Waals surface area contributed by atoms with Crippen LogP contribution < -0.4 is 10.6 Å². The van der Waals surface area contributed by atoms with Gasteiger partial charge in [0.1, 0.15) is 6.04 Å². The second-order valence-electron chi connectivity index (χ2n) is 9.54. The van der Waals surface area contributed by atoms with E-state index in [0.29, 0.717) is 37.7 Å². The highest BCUT2D eigenvalue weighted by Gasteiger charge is 2.32. The largest absolute Gasteiger partial charge is 0.379 e. The first kappa shape index (κ1) is 28.7. The fourth-order valence-corrected chi connectivity index (χ4v) is 4.28. The summed E-state index contributed by atoms with van der Waals surface area (Å²) >= 11 is 0. The average Bonchev–Trinajstić information content (AvgIpc) is 2.87. The molecule has 0 spiro atoms. The summed E-state index contributed by atoms with van der Waals surface area (Å²) in [4.78, 5) is 39.5. The quantitative estimate of drug-likeness (QED) is 0.150. The number of carbonyl (C=O) groups excluding carboxylic acids is 3. The molecule has 1 aliphatic rings. The van der Waals surface area contributed by atoms with E-state index in [2.05, 4.69) is 27.7 Å². The van der Waals surface area contributed by atoms with Crippen LogP contribution in [0.15, 0.2) is 30.3 Å². The van der Waals surface area contributed by atoms with Gasteiger partial charge in [0, 0.05) is 26.2 Å². The summed E-state index contributed by atoms with van der Waals surface area (Å²) in [5, 5.41) is 16.3. The van der Waals surface area contributed by atoms with Crippen molar-refractivity contribution >= 4 is 18.2 Å². The zero-order chi connectivity index (χ0) is 25.6. The van der Waals surface area contributed by atoms with E-state index in [1.54, 1.807) is 6.92 Å². The third-order valence-corrected chi connectivity index (χ3v) is 6.60. The number of hydrogen-bond donors (Lipinski definition) is 3. The fraction of sp³-hybridized carbons (Fsp3) is 0.654. The van der Waals surface area contributed by atoms with Gasteiger partial charge in [0.05, 0.1) is 25.2 Å². The summed E-state index contributed by atoms with van der Waals surface area (Å²) in [6.07, 6.45) is 3.33. The van der Waals surface area contributed by atoms with Crippen molar-refractivity contribution in [1.82, 2.24) is 20.6 Å². The molecule has 0 unspecified atom stereocenters. The molecule has 35 heavy (non-hydrogen) atoms. The Morgan fingerprint density at radius 2 is 1.80 bits per heavy atom. The van der Waals surface area contributed by atoms with Gasteiger partial charge in [-0.2, -0.15) is 0 Å². The van der Waals surface area contributed by atoms with Crippen molar-refractivity contribution in [3.8, 4) is 0 Å². The van der Waals surface area contributed by atoms with Crippen LogP contribution in [-0.2, 0) is 25.5 Å². The lowest BCUT2D eigenvalue weighted by Crippen LogP contribution is -2.54. The number of amides is 3. The zero-order valence-electron chi connectivity index (χ0n) is 21.3. The van der Waals surface area contributed by atoms with Gasteiger partial charge in [0.15, 0.2) is 0 Å². The molecule has 1 aromatic carbocycles. The molecule has 0 aromatic heterocycles. The normalized spacial score (nSPS) is 16.8. The molecule has 0 aliphatic carbocycles. The van der Waals surface area contributed by atoms with Crippen LogP contribution in [0, 0.1) is 11.8 Å². The number of nitrogens with one attached hydrogen (secondary N) is 2. The van der Waals surface area contributed by atoms with Gasteiger partial charge in [0.2, 0.25) is 18.2 Å². The summed E-state index contributed by atoms with van der Waals surface area (Å²) < 4.78 is 5.35. The molecule has 9 nitrogen and oxygen atoms in total. The Morgan fingerprint density at radius 1 is 1.11 bits per heavy atom. The Balaban J connectivity index is 1.92. The maximum atomic E-state index is 13.2. The molecule has 1 saturated heterocycles. The highest BCUT2D eigenvalue weighted by molar-refractivity contribution is 5.89. The van der Waals surface area contributed by atoms with E-state index in [4.69, 9.17) is 4.74 Å². The van der Waals surface area contributed by atoms with Crippen LogP contribution in [0.1, 0.15) is 45.6 Å². The summed E-state index contributed by atoms with van der Waals surface area (Å²) in [5.74, 6) is -1.32. The molecule has 9 heteroatoms. The Hall–Kier alpha value is -2.49. The molecule has 3 N–H and O–H groups in total. The Kier molecular flexibility index (Phi) is 12.7. The molecule has 2 rings (SSSR count). The van der Waals surface area contributed by atoms with Crippen molar-refractivity contribution in [2.75, 3.05) is 39.4 Å². The van der Waals surface area contributed by atoms with Crippen molar-refractivity contribution in [3.05, 3.63) is 35.9 Å². The van der Waals surface area contributed by atoms with Crippen molar-refractivity contribution in [2.45, 2.75) is 58.5 Å². The van der Waals surface area contributed by atoms with E-state index >= 15 is 0 Å². The number of hydrogen-bond acceptors (Lipinski definition) is 6. The highest BCUT2D eigenvalue weighted by Crippen LogP contribution is 2.19. The van der Waals surface area contributed by atoms with E-state index in [9.17, 15) is 19.6 Å². The van der Waals surface area contributed by atoms with Crippen molar-refractivity contribution in [1.29, 1.82) is 0 Å². The van der Waals surface area contributed by atoms with Gasteiger partial charge in [-0.1, -0.05) is 50.6 Å². The fourth-order valence-electron chi connectivity index (χ4n) is 4.28. The van der Waals surface area contributed by atoms with E-state index in [1.807, 2.05) is 32.0 Å². The maximum Gasteiger partial charge on any atom is 0.242 e. The first-order valence-electron chi connectivity index (χ1n) is 12.7. The van der Waals surface area contributed by atoms with Gasteiger partial charge >= 0.3 is 0 Å². The van der Waals surface area contributed by atoms with Gasteiger partial charge in [-0.15, -0.1) is 0 Å². The molecule has 1 aromatic rings. The van der Waals surface area contributed by atoms with E-state index in [0.717, 1.165) is 38.9 Å². The minimum Gasteiger partial charge on any atom is -0.379 e. The molecular formula is C26H42N4O5. The van der Waals surface area contributed by atoms with Gasteiger partial charge in [0.25, 0.3) is 0 Å². The van der Waals surface area contributed by atoms with Crippen LogP contribution >= 0.6 is 0 Å². The number of ether oxygens (including phenoxy) is 1. The number of carbonyl (C=O) groups is 3. The summed E-state index contributed by atoms with van der Waals surface area (Å²) in [5.41, 5.74) is 1.23. The monoisotopic (exact) mass is 490 g/mol. The van der Waals surface area contributed by atoms with Gasteiger partial charge in [-0.25, -0.2) is 5.06 Å². The number of benzene rings is 1. The Labute approximate surface area is 209 Å². The van der Waals surface area contributed by atoms with Crippen molar-refractivity contribution < 1.29 is 24.3 Å². The third kappa shape index (κ3) is 9.95. The highest BCUT2D eigenvalue weighted by atomic mass is 16.5. The number of unbranched alkanes of at least 4 members (excludes halogenated alkanes) is 1. The molecule has 3 amide bonds. The molecule has 0 saturated carbocycles. The maximum absolute atomic E-state index is 13.2. The van der Waals surface area contributed by atoms with Crippen molar-refractivity contribution in [2.24, 2.45) is 11.8 Å². The second-order valence-corrected chi connectivity index (χ2v) is 9.54. The molecule has 0 bridgehead atoms. The molecule has 196 valence electrons.